The summed E-state index contributed by atoms with van der Waals surface area (Å²) in [7, 11) is 1.59. The van der Waals surface area contributed by atoms with Crippen molar-refractivity contribution in [3.8, 4) is 17.1 Å². The summed E-state index contributed by atoms with van der Waals surface area (Å²) in [6.45, 7) is 4.58. The topological polar surface area (TPSA) is 97.8 Å². The summed E-state index contributed by atoms with van der Waals surface area (Å²) < 4.78 is 10.6. The van der Waals surface area contributed by atoms with Crippen LogP contribution in [0.4, 0.5) is 5.82 Å². The van der Waals surface area contributed by atoms with E-state index in [1.807, 2.05) is 42.2 Å². The Hall–Kier alpha value is -4.01. The molecule has 2 aliphatic heterocycles. The number of fused-ring (bicyclic) bond motifs is 1. The summed E-state index contributed by atoms with van der Waals surface area (Å²) in [6, 6.07) is 11.1. The van der Waals surface area contributed by atoms with Crippen LogP contribution in [0.5, 0.6) is 5.75 Å². The summed E-state index contributed by atoms with van der Waals surface area (Å²) in [4.78, 5) is 43.8. The van der Waals surface area contributed by atoms with Crippen LogP contribution in [0, 0.1) is 5.92 Å². The average molecular weight is 502 g/mol. The van der Waals surface area contributed by atoms with Crippen LogP contribution in [-0.2, 0) is 22.5 Å². The van der Waals surface area contributed by atoms with Crippen LogP contribution in [0.15, 0.2) is 48.8 Å². The lowest BCUT2D eigenvalue weighted by molar-refractivity contribution is -0.148. The average Bonchev–Trinajstić information content (AvgIpc) is 2.96. The van der Waals surface area contributed by atoms with Gasteiger partial charge in [-0.3, -0.25) is 14.6 Å². The molecule has 9 heteroatoms. The van der Waals surface area contributed by atoms with E-state index in [0.29, 0.717) is 69.2 Å². The zero-order valence-corrected chi connectivity index (χ0v) is 21.2. The molecule has 0 bridgehead atoms. The number of methoxy groups -OCH3 is 1. The highest BCUT2D eigenvalue weighted by molar-refractivity contribution is 5.94. The fraction of sp³-hybridized carbons (Fsp3) is 0.393. The van der Waals surface area contributed by atoms with Gasteiger partial charge in [-0.2, -0.15) is 0 Å². The summed E-state index contributed by atoms with van der Waals surface area (Å²) in [6.07, 6.45) is 5.52. The first-order valence-electron chi connectivity index (χ1n) is 12.7. The van der Waals surface area contributed by atoms with Gasteiger partial charge < -0.3 is 19.3 Å². The number of ether oxygens (including phenoxy) is 2. The monoisotopic (exact) mass is 501 g/mol. The Morgan fingerprint density at radius 3 is 2.65 bits per heavy atom. The van der Waals surface area contributed by atoms with Crippen LogP contribution < -0.4 is 9.64 Å². The number of anilines is 1. The molecular formula is C28H31N5O4. The summed E-state index contributed by atoms with van der Waals surface area (Å²) in [5.74, 6) is 1.83. The van der Waals surface area contributed by atoms with Crippen LogP contribution >= 0.6 is 0 Å². The largest absolute Gasteiger partial charge is 0.497 e. The predicted molar refractivity (Wildman–Crippen MR) is 138 cm³/mol. The van der Waals surface area contributed by atoms with Gasteiger partial charge in [-0.1, -0.05) is 6.07 Å². The number of piperidine rings is 1. The second kappa shape index (κ2) is 10.9. The second-order valence-electron chi connectivity index (χ2n) is 9.26. The van der Waals surface area contributed by atoms with E-state index in [1.165, 1.54) is 0 Å². The van der Waals surface area contributed by atoms with Crippen molar-refractivity contribution in [3.63, 3.8) is 0 Å². The number of pyridine rings is 1. The molecule has 2 aromatic heterocycles. The Balaban J connectivity index is 1.45. The number of hydrogen-bond acceptors (Lipinski definition) is 8. The molecular weight excluding hydrogens is 470 g/mol. The minimum atomic E-state index is -0.127. The van der Waals surface area contributed by atoms with Gasteiger partial charge >= 0.3 is 5.97 Å². The first-order chi connectivity index (χ1) is 18.1. The number of amides is 1. The number of aromatic nitrogens is 3. The van der Waals surface area contributed by atoms with Gasteiger partial charge in [0.25, 0.3) is 5.91 Å². The van der Waals surface area contributed by atoms with E-state index >= 15 is 0 Å². The van der Waals surface area contributed by atoms with Crippen LogP contribution in [0.1, 0.15) is 41.4 Å². The fourth-order valence-corrected chi connectivity index (χ4v) is 4.98. The molecule has 9 nitrogen and oxygen atoms in total. The standard InChI is InChI=1S/C28H31N5O4/c1-3-37-28(35)19-9-13-32(14-10-19)26-23-18-33(27(34)20-6-4-8-22(16-20)36-2)15-11-24(23)30-25(31-26)21-7-5-12-29-17-21/h4-8,12,16-17,19H,3,9-11,13-15,18H2,1-2H3. The molecule has 37 heavy (non-hydrogen) atoms. The van der Waals surface area contributed by atoms with E-state index in [4.69, 9.17) is 19.4 Å². The Labute approximate surface area is 216 Å². The number of carbonyl (C=O) groups excluding carboxylic acids is 2. The maximum atomic E-state index is 13.4. The molecule has 0 N–H and O–H groups in total. The highest BCUT2D eigenvalue weighted by atomic mass is 16.5. The summed E-state index contributed by atoms with van der Waals surface area (Å²) in [5.41, 5.74) is 3.35. The number of carbonyl (C=O) groups is 2. The summed E-state index contributed by atoms with van der Waals surface area (Å²) >= 11 is 0. The number of rotatable bonds is 6. The highest BCUT2D eigenvalue weighted by Crippen LogP contribution is 2.33. The van der Waals surface area contributed by atoms with Crippen molar-refractivity contribution in [1.82, 2.24) is 19.9 Å². The lowest BCUT2D eigenvalue weighted by Gasteiger charge is -2.36. The van der Waals surface area contributed by atoms with Gasteiger partial charge in [0.2, 0.25) is 0 Å². The molecule has 0 saturated carbocycles. The number of benzene rings is 1. The van der Waals surface area contributed by atoms with Crippen LogP contribution in [0.2, 0.25) is 0 Å². The molecule has 1 saturated heterocycles. The first-order valence-corrected chi connectivity index (χ1v) is 12.7. The molecule has 192 valence electrons. The Bertz CT molecular complexity index is 1270. The van der Waals surface area contributed by atoms with Crippen molar-refractivity contribution < 1.29 is 19.1 Å². The van der Waals surface area contributed by atoms with Crippen molar-refractivity contribution in [3.05, 3.63) is 65.6 Å². The van der Waals surface area contributed by atoms with Crippen molar-refractivity contribution in [2.75, 3.05) is 38.3 Å². The third-order valence-electron chi connectivity index (χ3n) is 6.98. The molecule has 0 unspecified atom stereocenters. The molecule has 0 spiro atoms. The van der Waals surface area contributed by atoms with Gasteiger partial charge in [0.05, 0.1) is 31.9 Å². The highest BCUT2D eigenvalue weighted by Gasteiger charge is 2.32. The zero-order chi connectivity index (χ0) is 25.8. The molecule has 2 aliphatic rings. The minimum absolute atomic E-state index is 0.0483. The molecule has 5 rings (SSSR count). The van der Waals surface area contributed by atoms with E-state index in [9.17, 15) is 9.59 Å². The Morgan fingerprint density at radius 2 is 1.92 bits per heavy atom. The third kappa shape index (κ3) is 5.26. The Morgan fingerprint density at radius 1 is 1.08 bits per heavy atom. The maximum Gasteiger partial charge on any atom is 0.309 e. The van der Waals surface area contributed by atoms with Crippen molar-refractivity contribution >= 4 is 17.7 Å². The van der Waals surface area contributed by atoms with Gasteiger partial charge in [-0.25, -0.2) is 9.97 Å². The molecule has 1 aromatic carbocycles. The lowest BCUT2D eigenvalue weighted by atomic mass is 9.96. The molecule has 1 amide bonds. The van der Waals surface area contributed by atoms with Gasteiger partial charge in [0.1, 0.15) is 11.6 Å². The molecule has 1 fully saturated rings. The maximum absolute atomic E-state index is 13.4. The molecule has 3 aromatic rings. The summed E-state index contributed by atoms with van der Waals surface area (Å²) in [5, 5.41) is 0. The Kier molecular flexibility index (Phi) is 7.30. The van der Waals surface area contributed by atoms with E-state index in [0.717, 1.165) is 22.6 Å². The number of hydrogen-bond donors (Lipinski definition) is 0. The van der Waals surface area contributed by atoms with E-state index < -0.39 is 0 Å². The third-order valence-corrected chi connectivity index (χ3v) is 6.98. The predicted octanol–water partition coefficient (Wildman–Crippen LogP) is 3.53. The van der Waals surface area contributed by atoms with E-state index in [1.54, 1.807) is 25.6 Å². The minimum Gasteiger partial charge on any atom is -0.497 e. The van der Waals surface area contributed by atoms with Gasteiger partial charge in [0.15, 0.2) is 5.82 Å². The SMILES string of the molecule is CCOC(=O)C1CCN(c2nc(-c3cccnc3)nc3c2CN(C(=O)c2cccc(OC)c2)CC3)CC1. The number of nitrogens with zero attached hydrogens (tertiary/aromatic N) is 5. The van der Waals surface area contributed by atoms with E-state index in [-0.39, 0.29) is 17.8 Å². The smallest absolute Gasteiger partial charge is 0.309 e. The normalized spacial score (nSPS) is 15.7. The molecule has 0 aliphatic carbocycles. The lowest BCUT2D eigenvalue weighted by Crippen LogP contribution is -2.41. The van der Waals surface area contributed by atoms with Gasteiger partial charge in [0, 0.05) is 55.1 Å². The second-order valence-corrected chi connectivity index (χ2v) is 9.26. The molecule has 4 heterocycles. The molecule has 0 radical (unpaired) electrons. The van der Waals surface area contributed by atoms with Crippen molar-refractivity contribution in [2.24, 2.45) is 5.92 Å². The van der Waals surface area contributed by atoms with Crippen LogP contribution in [-0.4, -0.2) is 65.1 Å². The van der Waals surface area contributed by atoms with Gasteiger partial charge in [-0.05, 0) is 50.1 Å². The van der Waals surface area contributed by atoms with Crippen molar-refractivity contribution in [2.45, 2.75) is 32.7 Å². The zero-order valence-electron chi connectivity index (χ0n) is 21.2. The van der Waals surface area contributed by atoms with E-state index in [2.05, 4.69) is 9.88 Å². The van der Waals surface area contributed by atoms with Crippen molar-refractivity contribution in [1.29, 1.82) is 0 Å². The fourth-order valence-electron chi connectivity index (χ4n) is 4.98. The number of esters is 1. The molecule has 0 atom stereocenters. The first kappa shape index (κ1) is 24.7. The van der Waals surface area contributed by atoms with Gasteiger partial charge in [-0.15, -0.1) is 0 Å². The van der Waals surface area contributed by atoms with Crippen LogP contribution in [0.25, 0.3) is 11.4 Å². The quantitative estimate of drug-likeness (QED) is 0.473. The van der Waals surface area contributed by atoms with Crippen LogP contribution in [0.3, 0.4) is 0 Å².